The summed E-state index contributed by atoms with van der Waals surface area (Å²) in [6.45, 7) is 13.8. The first-order valence-corrected chi connectivity index (χ1v) is 9.91. The van der Waals surface area contributed by atoms with E-state index in [2.05, 4.69) is 66.2 Å². The van der Waals surface area contributed by atoms with Gasteiger partial charge in [-0.25, -0.2) is 4.99 Å². The van der Waals surface area contributed by atoms with Gasteiger partial charge in [-0.05, 0) is 44.4 Å². The number of aryl methyl sites for hydroxylation is 2. The lowest BCUT2D eigenvalue weighted by atomic mass is 10.1. The van der Waals surface area contributed by atoms with Gasteiger partial charge in [-0.3, -0.25) is 0 Å². The molecule has 2 aromatic rings. The molecule has 1 aromatic heterocycles. The van der Waals surface area contributed by atoms with Crippen molar-refractivity contribution in [2.24, 2.45) is 4.99 Å². The Labute approximate surface area is 162 Å². The Hall–Kier alpha value is -2.50. The molecule has 0 radical (unpaired) electrons. The van der Waals surface area contributed by atoms with E-state index in [9.17, 15) is 0 Å². The van der Waals surface area contributed by atoms with Crippen LogP contribution in [0.5, 0.6) is 0 Å². The highest BCUT2D eigenvalue weighted by molar-refractivity contribution is 5.80. The molecule has 6 nitrogen and oxygen atoms in total. The number of hydrogen-bond acceptors (Lipinski definition) is 4. The number of anilines is 1. The molecule has 27 heavy (non-hydrogen) atoms. The van der Waals surface area contributed by atoms with Crippen molar-refractivity contribution in [1.29, 1.82) is 0 Å². The van der Waals surface area contributed by atoms with Crippen molar-refractivity contribution in [1.82, 2.24) is 15.4 Å². The lowest BCUT2D eigenvalue weighted by Crippen LogP contribution is -2.52. The fourth-order valence-corrected chi connectivity index (χ4v) is 3.41. The van der Waals surface area contributed by atoms with Crippen LogP contribution in [-0.4, -0.2) is 48.7 Å². The number of piperazine rings is 1. The molecule has 1 aliphatic rings. The third kappa shape index (κ3) is 4.62. The largest absolute Gasteiger partial charge is 0.368 e. The minimum Gasteiger partial charge on any atom is -0.368 e. The van der Waals surface area contributed by atoms with Gasteiger partial charge >= 0.3 is 0 Å². The van der Waals surface area contributed by atoms with Crippen molar-refractivity contribution in [2.45, 2.75) is 40.7 Å². The van der Waals surface area contributed by atoms with Gasteiger partial charge in [0.15, 0.2) is 11.7 Å². The van der Waals surface area contributed by atoms with Crippen molar-refractivity contribution in [3.63, 3.8) is 0 Å². The van der Waals surface area contributed by atoms with E-state index in [1.165, 1.54) is 16.8 Å². The van der Waals surface area contributed by atoms with Crippen LogP contribution in [0.1, 0.15) is 36.4 Å². The van der Waals surface area contributed by atoms with Crippen LogP contribution in [0.2, 0.25) is 0 Å². The maximum Gasteiger partial charge on any atom is 0.194 e. The Morgan fingerprint density at radius 2 is 1.96 bits per heavy atom. The third-order valence-electron chi connectivity index (χ3n) is 5.19. The summed E-state index contributed by atoms with van der Waals surface area (Å²) in [6.07, 6.45) is 0.883. The lowest BCUT2D eigenvalue weighted by molar-refractivity contribution is 0.364. The van der Waals surface area contributed by atoms with Gasteiger partial charge in [-0.2, -0.15) is 0 Å². The predicted molar refractivity (Wildman–Crippen MR) is 110 cm³/mol. The molecule has 1 saturated heterocycles. The van der Waals surface area contributed by atoms with Crippen molar-refractivity contribution < 1.29 is 4.52 Å². The SMILES string of the molecule is CCNC(=NCc1cc(CC)no1)N1CCN(c2cccc(C)c2C)CC1. The number of nitrogens with one attached hydrogen (secondary N) is 1. The van der Waals surface area contributed by atoms with E-state index in [1.807, 2.05) is 6.07 Å². The van der Waals surface area contributed by atoms with Gasteiger partial charge in [-0.1, -0.05) is 24.2 Å². The van der Waals surface area contributed by atoms with Crippen LogP contribution in [0, 0.1) is 13.8 Å². The van der Waals surface area contributed by atoms with E-state index < -0.39 is 0 Å². The maximum atomic E-state index is 5.36. The van der Waals surface area contributed by atoms with Gasteiger partial charge in [0.05, 0.1) is 5.69 Å². The molecule has 0 atom stereocenters. The zero-order chi connectivity index (χ0) is 19.2. The molecule has 146 valence electrons. The van der Waals surface area contributed by atoms with Crippen molar-refractivity contribution >= 4 is 11.6 Å². The average molecular weight is 370 g/mol. The molecule has 0 aliphatic carbocycles. The number of aliphatic imine (C=N–C) groups is 1. The Morgan fingerprint density at radius 1 is 1.19 bits per heavy atom. The van der Waals surface area contributed by atoms with Gasteiger partial charge in [0.25, 0.3) is 0 Å². The van der Waals surface area contributed by atoms with Crippen molar-refractivity contribution in [3.8, 4) is 0 Å². The molecular formula is C21H31N5O. The van der Waals surface area contributed by atoms with Gasteiger partial charge in [0.2, 0.25) is 0 Å². The number of rotatable bonds is 5. The molecule has 1 aromatic carbocycles. The minimum atomic E-state index is 0.520. The standard InChI is InChI=1S/C21H31N5O/c1-5-18-14-19(27-24-18)15-23-21(22-6-2)26-12-10-25(11-13-26)20-9-7-8-16(3)17(20)4/h7-9,14H,5-6,10-13,15H2,1-4H3,(H,22,23). The summed E-state index contributed by atoms with van der Waals surface area (Å²) in [4.78, 5) is 9.58. The van der Waals surface area contributed by atoms with E-state index in [0.717, 1.165) is 56.6 Å². The van der Waals surface area contributed by atoms with Gasteiger partial charge in [0, 0.05) is 44.5 Å². The van der Waals surface area contributed by atoms with E-state index in [0.29, 0.717) is 6.54 Å². The Kier molecular flexibility index (Phi) is 6.37. The second-order valence-electron chi connectivity index (χ2n) is 7.00. The molecule has 1 aliphatic heterocycles. The molecule has 3 rings (SSSR count). The van der Waals surface area contributed by atoms with Crippen LogP contribution in [-0.2, 0) is 13.0 Å². The Bertz CT molecular complexity index is 775. The quantitative estimate of drug-likeness (QED) is 0.648. The number of aromatic nitrogens is 1. The summed E-state index contributed by atoms with van der Waals surface area (Å²) in [7, 11) is 0. The van der Waals surface area contributed by atoms with Gasteiger partial charge in [0.1, 0.15) is 6.54 Å². The van der Waals surface area contributed by atoms with Crippen LogP contribution in [0.25, 0.3) is 0 Å². The van der Waals surface area contributed by atoms with Crippen molar-refractivity contribution in [3.05, 3.63) is 46.8 Å². The van der Waals surface area contributed by atoms with Crippen LogP contribution in [0.4, 0.5) is 5.69 Å². The van der Waals surface area contributed by atoms with E-state index in [1.54, 1.807) is 0 Å². The highest BCUT2D eigenvalue weighted by Crippen LogP contribution is 2.23. The number of hydrogen-bond donors (Lipinski definition) is 1. The molecular weight excluding hydrogens is 338 g/mol. The summed E-state index contributed by atoms with van der Waals surface area (Å²) in [5.41, 5.74) is 5.06. The zero-order valence-electron chi connectivity index (χ0n) is 17.0. The number of nitrogens with zero attached hydrogens (tertiary/aromatic N) is 4. The second kappa shape index (κ2) is 8.93. The minimum absolute atomic E-state index is 0.520. The summed E-state index contributed by atoms with van der Waals surface area (Å²) in [6, 6.07) is 8.55. The van der Waals surface area contributed by atoms with Crippen LogP contribution in [0.15, 0.2) is 33.8 Å². The van der Waals surface area contributed by atoms with Gasteiger partial charge < -0.3 is 19.6 Å². The average Bonchev–Trinajstić information content (AvgIpc) is 3.16. The summed E-state index contributed by atoms with van der Waals surface area (Å²) >= 11 is 0. The molecule has 2 heterocycles. The van der Waals surface area contributed by atoms with Crippen LogP contribution in [0.3, 0.4) is 0 Å². The first kappa shape index (κ1) is 19.3. The topological polar surface area (TPSA) is 56.9 Å². The third-order valence-corrected chi connectivity index (χ3v) is 5.19. The van der Waals surface area contributed by atoms with E-state index in [-0.39, 0.29) is 0 Å². The molecule has 0 amide bonds. The highest BCUT2D eigenvalue weighted by atomic mass is 16.5. The summed E-state index contributed by atoms with van der Waals surface area (Å²) in [5, 5.41) is 7.46. The van der Waals surface area contributed by atoms with Crippen LogP contribution < -0.4 is 10.2 Å². The van der Waals surface area contributed by atoms with Crippen molar-refractivity contribution in [2.75, 3.05) is 37.6 Å². The first-order chi connectivity index (χ1) is 13.1. The number of benzene rings is 1. The lowest BCUT2D eigenvalue weighted by Gasteiger charge is -2.38. The van der Waals surface area contributed by atoms with Gasteiger partial charge in [-0.15, -0.1) is 0 Å². The summed E-state index contributed by atoms with van der Waals surface area (Å²) in [5.74, 6) is 1.77. The second-order valence-corrected chi connectivity index (χ2v) is 7.00. The summed E-state index contributed by atoms with van der Waals surface area (Å²) < 4.78 is 5.36. The number of guanidine groups is 1. The predicted octanol–water partition coefficient (Wildman–Crippen LogP) is 3.14. The molecule has 0 saturated carbocycles. The first-order valence-electron chi connectivity index (χ1n) is 9.91. The van der Waals surface area contributed by atoms with E-state index in [4.69, 9.17) is 9.52 Å². The monoisotopic (exact) mass is 369 g/mol. The molecule has 0 spiro atoms. The molecule has 0 bridgehead atoms. The Morgan fingerprint density at radius 3 is 2.63 bits per heavy atom. The molecule has 1 fully saturated rings. The Balaban J connectivity index is 1.64. The molecule has 0 unspecified atom stereocenters. The molecule has 1 N–H and O–H groups in total. The fourth-order valence-electron chi connectivity index (χ4n) is 3.41. The molecule has 6 heteroatoms. The maximum absolute atomic E-state index is 5.36. The fraction of sp³-hybridized carbons (Fsp3) is 0.524. The van der Waals surface area contributed by atoms with E-state index >= 15 is 0 Å². The van der Waals surface area contributed by atoms with Crippen LogP contribution >= 0.6 is 0 Å². The normalized spacial score (nSPS) is 15.3. The smallest absolute Gasteiger partial charge is 0.194 e. The highest BCUT2D eigenvalue weighted by Gasteiger charge is 2.21. The zero-order valence-corrected chi connectivity index (χ0v) is 17.0.